The van der Waals surface area contributed by atoms with E-state index in [4.69, 9.17) is 4.74 Å². The van der Waals surface area contributed by atoms with Crippen LogP contribution in [0.2, 0.25) is 0 Å². The van der Waals surface area contributed by atoms with Gasteiger partial charge >= 0.3 is 6.03 Å². The van der Waals surface area contributed by atoms with E-state index in [2.05, 4.69) is 10.3 Å². The molecule has 0 saturated carbocycles. The summed E-state index contributed by atoms with van der Waals surface area (Å²) in [6.07, 6.45) is 2.76. The quantitative estimate of drug-likeness (QED) is 0.860. The molecule has 0 aliphatic carbocycles. The van der Waals surface area contributed by atoms with Crippen molar-refractivity contribution in [3.8, 4) is 5.88 Å². The zero-order valence-electron chi connectivity index (χ0n) is 14.2. The second-order valence-corrected chi connectivity index (χ2v) is 8.08. The topological polar surface area (TPSA) is 91.8 Å². The highest BCUT2D eigenvalue weighted by molar-refractivity contribution is 7.89. The molecule has 0 unspecified atom stereocenters. The average molecular weight is 356 g/mol. The second kappa shape index (κ2) is 7.80. The third-order valence-electron chi connectivity index (χ3n) is 3.84. The van der Waals surface area contributed by atoms with Gasteiger partial charge in [0.1, 0.15) is 6.10 Å². The molecule has 0 aromatic carbocycles. The van der Waals surface area contributed by atoms with Gasteiger partial charge in [-0.2, -0.15) is 0 Å². The molecule has 1 saturated heterocycles. The van der Waals surface area contributed by atoms with Gasteiger partial charge in [0.15, 0.2) is 0 Å². The van der Waals surface area contributed by atoms with Gasteiger partial charge in [-0.25, -0.2) is 22.5 Å². The highest BCUT2D eigenvalue weighted by atomic mass is 32.2. The van der Waals surface area contributed by atoms with Crippen LogP contribution in [-0.4, -0.2) is 67.7 Å². The van der Waals surface area contributed by atoms with Gasteiger partial charge in [-0.3, -0.25) is 0 Å². The number of nitrogens with zero attached hydrogens (tertiary/aromatic N) is 3. The number of rotatable bonds is 5. The largest absolute Gasteiger partial charge is 0.474 e. The molecule has 1 fully saturated rings. The summed E-state index contributed by atoms with van der Waals surface area (Å²) in [5.74, 6) is 0.592. The minimum absolute atomic E-state index is 0.0528. The second-order valence-electron chi connectivity index (χ2n) is 5.83. The molecule has 134 valence electrons. The number of anilines is 1. The highest BCUT2D eigenvalue weighted by Crippen LogP contribution is 2.20. The average Bonchev–Trinajstić information content (AvgIpc) is 2.57. The number of carbonyl (C=O) groups excluding carboxylic acids is 1. The van der Waals surface area contributed by atoms with Crippen molar-refractivity contribution < 1.29 is 17.9 Å². The SMILES string of the molecule is CCS(=O)(=O)N1CCC(Oc2ccc(NC(=O)N(C)C)cn2)CC1. The van der Waals surface area contributed by atoms with E-state index in [1.807, 2.05) is 0 Å². The maximum Gasteiger partial charge on any atom is 0.321 e. The minimum Gasteiger partial charge on any atom is -0.474 e. The van der Waals surface area contributed by atoms with Crippen LogP contribution in [0.3, 0.4) is 0 Å². The number of aromatic nitrogens is 1. The third kappa shape index (κ3) is 4.81. The number of urea groups is 1. The number of hydrogen-bond acceptors (Lipinski definition) is 5. The van der Waals surface area contributed by atoms with Gasteiger partial charge < -0.3 is 15.0 Å². The Morgan fingerprint density at radius 3 is 2.54 bits per heavy atom. The Hall–Kier alpha value is -1.87. The van der Waals surface area contributed by atoms with E-state index in [1.165, 1.54) is 15.4 Å². The Kier molecular flexibility index (Phi) is 6.00. The van der Waals surface area contributed by atoms with E-state index in [9.17, 15) is 13.2 Å². The van der Waals surface area contributed by atoms with Gasteiger partial charge in [0, 0.05) is 33.3 Å². The molecule has 0 atom stereocenters. The summed E-state index contributed by atoms with van der Waals surface area (Å²) < 4.78 is 31.0. The van der Waals surface area contributed by atoms with E-state index in [0.717, 1.165) is 0 Å². The Labute approximate surface area is 142 Å². The van der Waals surface area contributed by atoms with Crippen LogP contribution in [0.4, 0.5) is 10.5 Å². The highest BCUT2D eigenvalue weighted by Gasteiger charge is 2.27. The summed E-state index contributed by atoms with van der Waals surface area (Å²) in [6, 6.07) is 3.19. The first kappa shape index (κ1) is 18.5. The molecule has 0 bridgehead atoms. The van der Waals surface area contributed by atoms with Crippen LogP contribution in [-0.2, 0) is 10.0 Å². The Bertz CT molecular complexity index is 653. The maximum absolute atomic E-state index is 11.8. The summed E-state index contributed by atoms with van der Waals surface area (Å²) in [5.41, 5.74) is 0.588. The van der Waals surface area contributed by atoms with Crippen molar-refractivity contribution in [3.63, 3.8) is 0 Å². The van der Waals surface area contributed by atoms with Gasteiger partial charge in [-0.15, -0.1) is 0 Å². The van der Waals surface area contributed by atoms with Crippen LogP contribution in [0.5, 0.6) is 5.88 Å². The van der Waals surface area contributed by atoms with Crippen molar-refractivity contribution in [2.45, 2.75) is 25.9 Å². The van der Waals surface area contributed by atoms with E-state index >= 15 is 0 Å². The van der Waals surface area contributed by atoms with Crippen molar-refractivity contribution in [1.82, 2.24) is 14.2 Å². The van der Waals surface area contributed by atoms with Crippen LogP contribution in [0.25, 0.3) is 0 Å². The molecule has 1 aliphatic rings. The van der Waals surface area contributed by atoms with E-state index in [1.54, 1.807) is 33.2 Å². The molecule has 0 radical (unpaired) electrons. The number of pyridine rings is 1. The van der Waals surface area contributed by atoms with Crippen molar-refractivity contribution in [2.24, 2.45) is 0 Å². The monoisotopic (exact) mass is 356 g/mol. The number of hydrogen-bond donors (Lipinski definition) is 1. The first-order valence-electron chi connectivity index (χ1n) is 7.90. The maximum atomic E-state index is 11.8. The molecular weight excluding hydrogens is 332 g/mol. The standard InChI is InChI=1S/C15H24N4O4S/c1-4-24(21,22)19-9-7-13(8-10-19)23-14-6-5-12(11-16-14)17-15(20)18(2)3/h5-6,11,13H,4,7-10H2,1-3H3,(H,17,20). The van der Waals surface area contributed by atoms with Crippen LogP contribution in [0, 0.1) is 0 Å². The van der Waals surface area contributed by atoms with Gasteiger partial charge in [0.25, 0.3) is 0 Å². The van der Waals surface area contributed by atoms with Crippen LogP contribution < -0.4 is 10.1 Å². The Morgan fingerprint density at radius 2 is 2.04 bits per heavy atom. The summed E-state index contributed by atoms with van der Waals surface area (Å²) in [7, 11) is 0.192. The molecule has 2 rings (SSSR count). The predicted molar refractivity (Wildman–Crippen MR) is 91.6 cm³/mol. The molecule has 8 nitrogen and oxygen atoms in total. The molecule has 0 spiro atoms. The van der Waals surface area contributed by atoms with Crippen molar-refractivity contribution in [2.75, 3.05) is 38.3 Å². The van der Waals surface area contributed by atoms with Gasteiger partial charge in [0.05, 0.1) is 17.6 Å². The molecular formula is C15H24N4O4S. The van der Waals surface area contributed by atoms with Crippen molar-refractivity contribution in [1.29, 1.82) is 0 Å². The first-order chi connectivity index (χ1) is 11.3. The zero-order valence-corrected chi connectivity index (χ0v) is 15.0. The van der Waals surface area contributed by atoms with Crippen LogP contribution in [0.1, 0.15) is 19.8 Å². The zero-order chi connectivity index (χ0) is 17.7. The smallest absolute Gasteiger partial charge is 0.321 e. The summed E-state index contributed by atoms with van der Waals surface area (Å²) in [6.45, 7) is 2.59. The molecule has 24 heavy (non-hydrogen) atoms. The van der Waals surface area contributed by atoms with E-state index < -0.39 is 10.0 Å². The van der Waals surface area contributed by atoms with Gasteiger partial charge in [-0.1, -0.05) is 0 Å². The number of nitrogens with one attached hydrogen (secondary N) is 1. The molecule has 2 amide bonds. The Balaban J connectivity index is 1.86. The Morgan fingerprint density at radius 1 is 1.38 bits per heavy atom. The van der Waals surface area contributed by atoms with Crippen molar-refractivity contribution in [3.05, 3.63) is 18.3 Å². The fraction of sp³-hybridized carbons (Fsp3) is 0.600. The number of ether oxygens (including phenoxy) is 1. The predicted octanol–water partition coefficient (Wildman–Crippen LogP) is 1.37. The van der Waals surface area contributed by atoms with Gasteiger partial charge in [-0.05, 0) is 25.8 Å². The molecule has 1 aromatic heterocycles. The lowest BCUT2D eigenvalue weighted by Crippen LogP contribution is -2.42. The first-order valence-corrected chi connectivity index (χ1v) is 9.51. The molecule has 2 heterocycles. The number of piperidine rings is 1. The fourth-order valence-electron chi connectivity index (χ4n) is 2.34. The van der Waals surface area contributed by atoms with Gasteiger partial charge in [0.2, 0.25) is 15.9 Å². The number of sulfonamides is 1. The van der Waals surface area contributed by atoms with E-state index in [-0.39, 0.29) is 17.9 Å². The summed E-state index contributed by atoms with van der Waals surface area (Å²) >= 11 is 0. The number of amides is 2. The number of carbonyl (C=O) groups is 1. The normalized spacial score (nSPS) is 16.6. The van der Waals surface area contributed by atoms with Crippen LogP contribution >= 0.6 is 0 Å². The van der Waals surface area contributed by atoms with E-state index in [0.29, 0.717) is 37.5 Å². The summed E-state index contributed by atoms with van der Waals surface area (Å²) in [5, 5.41) is 2.70. The molecule has 1 aliphatic heterocycles. The molecule has 1 aromatic rings. The summed E-state index contributed by atoms with van der Waals surface area (Å²) in [4.78, 5) is 17.2. The lowest BCUT2D eigenvalue weighted by Gasteiger charge is -2.30. The lowest BCUT2D eigenvalue weighted by molar-refractivity contribution is 0.130. The van der Waals surface area contributed by atoms with Crippen LogP contribution in [0.15, 0.2) is 18.3 Å². The lowest BCUT2D eigenvalue weighted by atomic mass is 10.1. The van der Waals surface area contributed by atoms with Crippen molar-refractivity contribution >= 4 is 21.7 Å². The molecule has 1 N–H and O–H groups in total. The third-order valence-corrected chi connectivity index (χ3v) is 5.72. The molecule has 9 heteroatoms. The minimum atomic E-state index is -3.12. The fourth-order valence-corrected chi connectivity index (χ4v) is 3.47.